The van der Waals surface area contributed by atoms with Gasteiger partial charge in [-0.2, -0.15) is 0 Å². The molecule has 3 heterocycles. The molecule has 1 amide bonds. The van der Waals surface area contributed by atoms with Crippen molar-refractivity contribution < 1.29 is 4.79 Å². The summed E-state index contributed by atoms with van der Waals surface area (Å²) in [4.78, 5) is 32.6. The molecule has 7 heteroatoms. The van der Waals surface area contributed by atoms with E-state index in [0.717, 1.165) is 56.6 Å². The molecule has 2 fully saturated rings. The van der Waals surface area contributed by atoms with Gasteiger partial charge in [-0.3, -0.25) is 14.3 Å². The Bertz CT molecular complexity index is 865. The van der Waals surface area contributed by atoms with E-state index in [9.17, 15) is 9.59 Å². The number of amides is 1. The van der Waals surface area contributed by atoms with Crippen molar-refractivity contribution in [2.24, 2.45) is 0 Å². The van der Waals surface area contributed by atoms with Crippen LogP contribution in [0, 0.1) is 0 Å². The molecule has 0 spiro atoms. The van der Waals surface area contributed by atoms with Crippen LogP contribution < -0.4 is 11.0 Å². The van der Waals surface area contributed by atoms with Crippen LogP contribution in [-0.4, -0.2) is 70.1 Å². The second-order valence-electron chi connectivity index (χ2n) is 7.85. The lowest BCUT2D eigenvalue weighted by Crippen LogP contribution is -2.57. The number of aromatic nitrogens is 2. The molecule has 4 rings (SSSR count). The monoisotopic (exact) mass is 371 g/mol. The summed E-state index contributed by atoms with van der Waals surface area (Å²) in [6.07, 6.45) is 1.77. The van der Waals surface area contributed by atoms with E-state index in [4.69, 9.17) is 0 Å². The van der Waals surface area contributed by atoms with Crippen LogP contribution in [0.15, 0.2) is 29.1 Å². The van der Waals surface area contributed by atoms with Gasteiger partial charge < -0.3 is 15.2 Å². The highest BCUT2D eigenvalue weighted by Crippen LogP contribution is 2.26. The number of carbonyl (C=O) groups is 1. The Hall–Kier alpha value is -2.12. The van der Waals surface area contributed by atoms with Gasteiger partial charge >= 0.3 is 5.69 Å². The number of hydrogen-bond donors (Lipinski definition) is 2. The first-order valence-electron chi connectivity index (χ1n) is 10.0. The summed E-state index contributed by atoms with van der Waals surface area (Å²) in [5.74, 6) is 0.228. The van der Waals surface area contributed by atoms with Gasteiger partial charge in [0.05, 0.1) is 17.1 Å². The standard InChI is InChI=1S/C20H29N5O2/c1-14-13-21-9-12-24(14)19(26)15(2)23-10-7-16(8-11-23)25-18-6-4-3-5-17(18)22-20(25)27/h3-6,14-16,21H,7-13H2,1-2H3,(H,22,27)/t14-,15+/m1/s1. The fraction of sp³-hybridized carbons (Fsp3) is 0.600. The van der Waals surface area contributed by atoms with Gasteiger partial charge in [-0.25, -0.2) is 4.79 Å². The van der Waals surface area contributed by atoms with Gasteiger partial charge in [0.2, 0.25) is 5.91 Å². The van der Waals surface area contributed by atoms with Crippen LogP contribution in [0.5, 0.6) is 0 Å². The van der Waals surface area contributed by atoms with Crippen molar-refractivity contribution in [3.05, 3.63) is 34.7 Å². The lowest BCUT2D eigenvalue weighted by atomic mass is 10.0. The predicted molar refractivity (Wildman–Crippen MR) is 106 cm³/mol. The molecule has 2 atom stereocenters. The first kappa shape index (κ1) is 18.3. The number of rotatable bonds is 3. The summed E-state index contributed by atoms with van der Waals surface area (Å²) in [5.41, 5.74) is 1.83. The molecule has 146 valence electrons. The summed E-state index contributed by atoms with van der Waals surface area (Å²) < 4.78 is 1.90. The second kappa shape index (κ2) is 7.48. The minimum atomic E-state index is -0.105. The van der Waals surface area contributed by atoms with E-state index >= 15 is 0 Å². The smallest absolute Gasteiger partial charge is 0.326 e. The molecule has 2 saturated heterocycles. The van der Waals surface area contributed by atoms with E-state index in [1.165, 1.54) is 0 Å². The summed E-state index contributed by atoms with van der Waals surface area (Å²) in [6.45, 7) is 8.32. The Labute approximate surface area is 159 Å². The fourth-order valence-corrected chi connectivity index (χ4v) is 4.53. The van der Waals surface area contributed by atoms with E-state index < -0.39 is 0 Å². The van der Waals surface area contributed by atoms with Gasteiger partial charge in [-0.15, -0.1) is 0 Å². The number of fused-ring (bicyclic) bond motifs is 1. The van der Waals surface area contributed by atoms with Crippen LogP contribution in [-0.2, 0) is 4.79 Å². The van der Waals surface area contributed by atoms with E-state index in [0.29, 0.717) is 0 Å². The highest BCUT2D eigenvalue weighted by atomic mass is 16.2. The summed E-state index contributed by atoms with van der Waals surface area (Å²) in [5, 5.41) is 3.34. The number of benzene rings is 1. The number of para-hydroxylation sites is 2. The van der Waals surface area contributed by atoms with Crippen LogP contribution in [0.3, 0.4) is 0 Å². The molecule has 0 aliphatic carbocycles. The summed E-state index contributed by atoms with van der Waals surface area (Å²) >= 11 is 0. The van der Waals surface area contributed by atoms with Crippen molar-refractivity contribution in [2.45, 2.75) is 44.8 Å². The van der Waals surface area contributed by atoms with Crippen molar-refractivity contribution in [3.8, 4) is 0 Å². The van der Waals surface area contributed by atoms with Gasteiger partial charge in [0.25, 0.3) is 0 Å². The third-order valence-corrected chi connectivity index (χ3v) is 6.18. The number of piperazine rings is 1. The molecule has 27 heavy (non-hydrogen) atoms. The number of hydrogen-bond acceptors (Lipinski definition) is 4. The average Bonchev–Trinajstić information content (AvgIpc) is 3.03. The van der Waals surface area contributed by atoms with Gasteiger partial charge in [0.15, 0.2) is 0 Å². The van der Waals surface area contributed by atoms with Gasteiger partial charge in [-0.05, 0) is 38.8 Å². The zero-order valence-electron chi connectivity index (χ0n) is 16.1. The van der Waals surface area contributed by atoms with Crippen LogP contribution in [0.25, 0.3) is 11.0 Å². The number of H-pyrrole nitrogens is 1. The molecular formula is C20H29N5O2. The van der Waals surface area contributed by atoms with E-state index in [1.807, 2.05) is 40.7 Å². The second-order valence-corrected chi connectivity index (χ2v) is 7.85. The summed E-state index contributed by atoms with van der Waals surface area (Å²) in [7, 11) is 0. The molecule has 2 aliphatic heterocycles. The lowest BCUT2D eigenvalue weighted by Gasteiger charge is -2.40. The molecule has 2 aliphatic rings. The van der Waals surface area contributed by atoms with Gasteiger partial charge in [0, 0.05) is 44.8 Å². The molecule has 0 unspecified atom stereocenters. The van der Waals surface area contributed by atoms with Crippen molar-refractivity contribution in [2.75, 3.05) is 32.7 Å². The molecule has 1 aromatic heterocycles. The summed E-state index contributed by atoms with van der Waals surface area (Å²) in [6, 6.07) is 8.18. The van der Waals surface area contributed by atoms with Crippen LogP contribution in [0.4, 0.5) is 0 Å². The fourth-order valence-electron chi connectivity index (χ4n) is 4.53. The topological polar surface area (TPSA) is 73.4 Å². The Kier molecular flexibility index (Phi) is 5.06. The maximum absolute atomic E-state index is 12.9. The lowest BCUT2D eigenvalue weighted by molar-refractivity contribution is -0.139. The van der Waals surface area contributed by atoms with Crippen LogP contribution in [0.1, 0.15) is 32.7 Å². The maximum Gasteiger partial charge on any atom is 0.326 e. The minimum Gasteiger partial charge on any atom is -0.336 e. The normalized spacial score (nSPS) is 23.6. The van der Waals surface area contributed by atoms with Gasteiger partial charge in [-0.1, -0.05) is 12.1 Å². The number of imidazole rings is 1. The van der Waals surface area contributed by atoms with Crippen molar-refractivity contribution in [1.29, 1.82) is 0 Å². The molecule has 1 aromatic carbocycles. The van der Waals surface area contributed by atoms with Crippen molar-refractivity contribution in [3.63, 3.8) is 0 Å². The molecule has 0 radical (unpaired) electrons. The minimum absolute atomic E-state index is 0.0339. The number of piperidine rings is 1. The number of nitrogens with zero attached hydrogens (tertiary/aromatic N) is 3. The van der Waals surface area contributed by atoms with Crippen LogP contribution in [0.2, 0.25) is 0 Å². The molecule has 2 aromatic rings. The van der Waals surface area contributed by atoms with E-state index in [1.54, 1.807) is 0 Å². The molecule has 7 nitrogen and oxygen atoms in total. The molecule has 0 saturated carbocycles. The first-order chi connectivity index (χ1) is 13.1. The Morgan fingerprint density at radius 1 is 1.19 bits per heavy atom. The number of aromatic amines is 1. The Morgan fingerprint density at radius 2 is 1.93 bits per heavy atom. The third kappa shape index (κ3) is 3.41. The third-order valence-electron chi connectivity index (χ3n) is 6.18. The SMILES string of the molecule is C[C@@H]1CNCCN1C(=O)[C@H](C)N1CCC(n2c(=O)[nH]c3ccccc32)CC1. The zero-order chi connectivity index (χ0) is 19.0. The highest BCUT2D eigenvalue weighted by Gasteiger charge is 2.33. The van der Waals surface area contributed by atoms with Crippen molar-refractivity contribution in [1.82, 2.24) is 24.7 Å². The van der Waals surface area contributed by atoms with E-state index in [-0.39, 0.29) is 29.7 Å². The molecule has 0 bridgehead atoms. The number of likely N-dealkylation sites (tertiary alicyclic amines) is 1. The highest BCUT2D eigenvalue weighted by molar-refractivity contribution is 5.82. The van der Waals surface area contributed by atoms with Crippen molar-refractivity contribution >= 4 is 16.9 Å². The zero-order valence-corrected chi connectivity index (χ0v) is 16.1. The first-order valence-corrected chi connectivity index (χ1v) is 10.0. The van der Waals surface area contributed by atoms with Gasteiger partial charge in [0.1, 0.15) is 0 Å². The predicted octanol–water partition coefficient (Wildman–Crippen LogP) is 1.18. The molecule has 2 N–H and O–H groups in total. The Morgan fingerprint density at radius 3 is 2.67 bits per heavy atom. The number of carbonyl (C=O) groups excluding carboxylic acids is 1. The largest absolute Gasteiger partial charge is 0.336 e. The maximum atomic E-state index is 12.9. The van der Waals surface area contributed by atoms with Crippen LogP contribution >= 0.6 is 0 Å². The number of nitrogens with one attached hydrogen (secondary N) is 2. The Balaban J connectivity index is 1.43. The molecular weight excluding hydrogens is 342 g/mol. The quantitative estimate of drug-likeness (QED) is 0.850. The van der Waals surface area contributed by atoms with E-state index in [2.05, 4.69) is 22.1 Å². The average molecular weight is 371 g/mol.